The average molecular weight is 303 g/mol. The molecular formula is C16H15F2N3O. The molecule has 6 heteroatoms. The Kier molecular flexibility index (Phi) is 3.77. The number of rotatable bonds is 4. The van der Waals surface area contributed by atoms with Gasteiger partial charge in [0.05, 0.1) is 23.2 Å². The highest BCUT2D eigenvalue weighted by atomic mass is 19.2. The lowest BCUT2D eigenvalue weighted by atomic mass is 10.0. The molecule has 3 aromatic rings. The molecule has 0 fully saturated rings. The molecule has 0 bridgehead atoms. The monoisotopic (exact) mass is 303 g/mol. The average Bonchev–Trinajstić information content (AvgIpc) is 2.91. The molecule has 1 aromatic heterocycles. The van der Waals surface area contributed by atoms with Crippen LogP contribution >= 0.6 is 0 Å². The Morgan fingerprint density at radius 2 is 1.91 bits per heavy atom. The van der Waals surface area contributed by atoms with Gasteiger partial charge in [-0.05, 0) is 36.8 Å². The van der Waals surface area contributed by atoms with Crippen LogP contribution < -0.4 is 5.32 Å². The Hall–Kier alpha value is -2.47. The van der Waals surface area contributed by atoms with E-state index < -0.39 is 23.8 Å². The number of halogens is 2. The second-order valence-corrected chi connectivity index (χ2v) is 5.15. The highest BCUT2D eigenvalue weighted by molar-refractivity contribution is 5.77. The quantitative estimate of drug-likeness (QED) is 0.692. The normalized spacial score (nSPS) is 14.0. The summed E-state index contributed by atoms with van der Waals surface area (Å²) in [5, 5.41) is 13.3. The maximum atomic E-state index is 13.2. The minimum Gasteiger partial charge on any atom is -0.386 e. The number of benzene rings is 2. The molecule has 2 atom stereocenters. The van der Waals surface area contributed by atoms with E-state index in [4.69, 9.17) is 0 Å². The predicted octanol–water partition coefficient (Wildman–Crippen LogP) is 3.38. The lowest BCUT2D eigenvalue weighted by Crippen LogP contribution is -2.24. The summed E-state index contributed by atoms with van der Waals surface area (Å²) >= 11 is 0. The number of imidazole rings is 1. The summed E-state index contributed by atoms with van der Waals surface area (Å²) in [6.45, 7) is 1.74. The number of nitrogens with zero attached hydrogens (tertiary/aromatic N) is 1. The first kappa shape index (κ1) is 14.5. The predicted molar refractivity (Wildman–Crippen MR) is 80.5 cm³/mol. The van der Waals surface area contributed by atoms with E-state index in [1.807, 2.05) is 24.3 Å². The topological polar surface area (TPSA) is 60.9 Å². The van der Waals surface area contributed by atoms with E-state index in [9.17, 15) is 13.9 Å². The Balaban J connectivity index is 1.77. The maximum Gasteiger partial charge on any atom is 0.201 e. The third-order valence-corrected chi connectivity index (χ3v) is 3.51. The second-order valence-electron chi connectivity index (χ2n) is 5.15. The number of para-hydroxylation sites is 2. The van der Waals surface area contributed by atoms with Gasteiger partial charge in [0.2, 0.25) is 5.95 Å². The lowest BCUT2D eigenvalue weighted by molar-refractivity contribution is 0.160. The van der Waals surface area contributed by atoms with Crippen LogP contribution in [0.3, 0.4) is 0 Å². The molecule has 3 N–H and O–H groups in total. The fraction of sp³-hybridized carbons (Fsp3) is 0.188. The summed E-state index contributed by atoms with van der Waals surface area (Å²) in [7, 11) is 0. The van der Waals surface area contributed by atoms with Crippen molar-refractivity contribution >= 4 is 17.0 Å². The third-order valence-electron chi connectivity index (χ3n) is 3.51. The van der Waals surface area contributed by atoms with Crippen LogP contribution in [0.25, 0.3) is 11.0 Å². The highest BCUT2D eigenvalue weighted by Gasteiger charge is 2.19. The van der Waals surface area contributed by atoms with Crippen molar-refractivity contribution < 1.29 is 13.9 Å². The number of fused-ring (bicyclic) bond motifs is 1. The van der Waals surface area contributed by atoms with E-state index in [1.165, 1.54) is 6.07 Å². The molecule has 0 aliphatic heterocycles. The summed E-state index contributed by atoms with van der Waals surface area (Å²) in [4.78, 5) is 7.43. The SMILES string of the molecule is CC(Nc1nc2ccccc2[nH]1)C(O)c1ccc(F)c(F)c1. The third kappa shape index (κ3) is 2.78. The minimum atomic E-state index is -0.997. The van der Waals surface area contributed by atoms with Crippen molar-refractivity contribution in [2.45, 2.75) is 19.1 Å². The molecule has 0 amide bonds. The number of aliphatic hydroxyl groups excluding tert-OH is 1. The summed E-state index contributed by atoms with van der Waals surface area (Å²) in [5.41, 5.74) is 1.98. The summed E-state index contributed by atoms with van der Waals surface area (Å²) in [5.74, 6) is -1.41. The molecular weight excluding hydrogens is 288 g/mol. The van der Waals surface area contributed by atoms with Gasteiger partial charge in [-0.3, -0.25) is 0 Å². The zero-order valence-electron chi connectivity index (χ0n) is 11.8. The molecule has 0 radical (unpaired) electrons. The molecule has 114 valence electrons. The molecule has 3 rings (SSSR count). The second kappa shape index (κ2) is 5.73. The van der Waals surface area contributed by atoms with Gasteiger partial charge in [-0.2, -0.15) is 0 Å². The van der Waals surface area contributed by atoms with Crippen molar-refractivity contribution in [3.8, 4) is 0 Å². The van der Waals surface area contributed by atoms with Gasteiger partial charge in [-0.15, -0.1) is 0 Å². The maximum absolute atomic E-state index is 13.2. The van der Waals surface area contributed by atoms with Crippen LogP contribution in [-0.2, 0) is 0 Å². The number of nitrogens with one attached hydrogen (secondary N) is 2. The number of hydrogen-bond acceptors (Lipinski definition) is 3. The van der Waals surface area contributed by atoms with E-state index in [0.29, 0.717) is 11.5 Å². The van der Waals surface area contributed by atoms with Gasteiger partial charge >= 0.3 is 0 Å². The van der Waals surface area contributed by atoms with E-state index in [0.717, 1.165) is 23.2 Å². The van der Waals surface area contributed by atoms with Crippen molar-refractivity contribution in [1.82, 2.24) is 9.97 Å². The standard InChI is InChI=1S/C16H15F2N3O/c1-9(15(22)10-6-7-11(17)12(18)8-10)19-16-20-13-4-2-3-5-14(13)21-16/h2-9,15,22H,1H3,(H2,19,20,21). The Bertz CT molecular complexity index is 770. The van der Waals surface area contributed by atoms with Crippen molar-refractivity contribution in [3.05, 3.63) is 59.7 Å². The van der Waals surface area contributed by atoms with Gasteiger partial charge in [-0.1, -0.05) is 18.2 Å². The molecule has 0 saturated heterocycles. The van der Waals surface area contributed by atoms with E-state index in [-0.39, 0.29) is 0 Å². The molecule has 0 aliphatic carbocycles. The van der Waals surface area contributed by atoms with Crippen LogP contribution in [0, 0.1) is 11.6 Å². The van der Waals surface area contributed by atoms with Crippen molar-refractivity contribution in [2.24, 2.45) is 0 Å². The highest BCUT2D eigenvalue weighted by Crippen LogP contribution is 2.22. The minimum absolute atomic E-state index is 0.301. The molecule has 0 aliphatic rings. The number of H-pyrrole nitrogens is 1. The number of anilines is 1. The fourth-order valence-corrected chi connectivity index (χ4v) is 2.30. The molecule has 22 heavy (non-hydrogen) atoms. The zero-order valence-corrected chi connectivity index (χ0v) is 11.8. The van der Waals surface area contributed by atoms with E-state index in [1.54, 1.807) is 6.92 Å². The van der Waals surface area contributed by atoms with Crippen LogP contribution in [0.1, 0.15) is 18.6 Å². The molecule has 2 unspecified atom stereocenters. The molecule has 0 spiro atoms. The number of hydrogen-bond donors (Lipinski definition) is 3. The van der Waals surface area contributed by atoms with Gasteiger partial charge in [0, 0.05) is 0 Å². The van der Waals surface area contributed by atoms with Crippen LogP contribution in [0.5, 0.6) is 0 Å². The number of aromatic amines is 1. The van der Waals surface area contributed by atoms with Crippen LogP contribution in [0.4, 0.5) is 14.7 Å². The smallest absolute Gasteiger partial charge is 0.201 e. The van der Waals surface area contributed by atoms with Gasteiger partial charge in [0.1, 0.15) is 0 Å². The first-order chi connectivity index (χ1) is 10.5. The Morgan fingerprint density at radius 3 is 2.64 bits per heavy atom. The molecule has 4 nitrogen and oxygen atoms in total. The van der Waals surface area contributed by atoms with E-state index in [2.05, 4.69) is 15.3 Å². The van der Waals surface area contributed by atoms with Crippen molar-refractivity contribution in [3.63, 3.8) is 0 Å². The molecule has 1 heterocycles. The Morgan fingerprint density at radius 1 is 1.14 bits per heavy atom. The lowest BCUT2D eigenvalue weighted by Gasteiger charge is -2.20. The van der Waals surface area contributed by atoms with Crippen molar-refractivity contribution in [1.29, 1.82) is 0 Å². The number of aliphatic hydroxyl groups is 1. The summed E-state index contributed by atoms with van der Waals surface area (Å²) in [6.07, 6.45) is -0.997. The largest absolute Gasteiger partial charge is 0.386 e. The summed E-state index contributed by atoms with van der Waals surface area (Å²) in [6, 6.07) is 10.5. The van der Waals surface area contributed by atoms with Crippen LogP contribution in [-0.4, -0.2) is 21.1 Å². The van der Waals surface area contributed by atoms with Gasteiger partial charge < -0.3 is 15.4 Å². The first-order valence-electron chi connectivity index (χ1n) is 6.89. The van der Waals surface area contributed by atoms with Crippen molar-refractivity contribution in [2.75, 3.05) is 5.32 Å². The number of aromatic nitrogens is 2. The zero-order chi connectivity index (χ0) is 15.7. The van der Waals surface area contributed by atoms with Crippen LogP contribution in [0.2, 0.25) is 0 Å². The Labute approximate surface area is 125 Å². The van der Waals surface area contributed by atoms with Gasteiger partial charge in [0.25, 0.3) is 0 Å². The van der Waals surface area contributed by atoms with Crippen LogP contribution in [0.15, 0.2) is 42.5 Å². The fourth-order valence-electron chi connectivity index (χ4n) is 2.30. The van der Waals surface area contributed by atoms with E-state index >= 15 is 0 Å². The first-order valence-corrected chi connectivity index (χ1v) is 6.89. The molecule has 2 aromatic carbocycles. The van der Waals surface area contributed by atoms with Gasteiger partial charge in [-0.25, -0.2) is 13.8 Å². The van der Waals surface area contributed by atoms with Gasteiger partial charge in [0.15, 0.2) is 11.6 Å². The molecule has 0 saturated carbocycles. The summed E-state index contributed by atoms with van der Waals surface area (Å²) < 4.78 is 26.2.